The molecule has 0 aliphatic heterocycles. The number of aromatic nitrogens is 3. The zero-order valence-electron chi connectivity index (χ0n) is 10.2. The van der Waals surface area contributed by atoms with Crippen LogP contribution in [0.25, 0.3) is 0 Å². The van der Waals surface area contributed by atoms with Gasteiger partial charge in [0.05, 0.1) is 6.61 Å². The highest BCUT2D eigenvalue weighted by atomic mass is 32.2. The van der Waals surface area contributed by atoms with Crippen molar-refractivity contribution in [1.82, 2.24) is 15.2 Å². The highest BCUT2D eigenvalue weighted by molar-refractivity contribution is 7.99. The van der Waals surface area contributed by atoms with Crippen LogP contribution in [0.5, 0.6) is 5.75 Å². The van der Waals surface area contributed by atoms with Crippen LogP contribution < -0.4 is 4.74 Å². The number of aliphatic hydroxyl groups excluding tert-OH is 1. The van der Waals surface area contributed by atoms with Gasteiger partial charge in [0.1, 0.15) is 18.7 Å². The van der Waals surface area contributed by atoms with E-state index in [1.54, 1.807) is 11.8 Å². The average Bonchev–Trinajstić information content (AvgIpc) is 2.96. The van der Waals surface area contributed by atoms with Gasteiger partial charge in [-0.15, -0.1) is 0 Å². The smallest absolute Gasteiger partial charge is 0.183 e. The summed E-state index contributed by atoms with van der Waals surface area (Å²) in [5, 5.41) is 15.9. The largest absolute Gasteiger partial charge is 0.493 e. The molecule has 1 aromatic heterocycles. The maximum Gasteiger partial charge on any atom is 0.183 e. The van der Waals surface area contributed by atoms with Crippen LogP contribution in [0.15, 0.2) is 35.7 Å². The van der Waals surface area contributed by atoms with Crippen LogP contribution >= 0.6 is 11.8 Å². The Hall–Kier alpha value is -1.97. The van der Waals surface area contributed by atoms with Gasteiger partial charge in [0.15, 0.2) is 5.16 Å². The Balaban J connectivity index is 1.74. The van der Waals surface area contributed by atoms with Gasteiger partial charge in [-0.25, -0.2) is 4.98 Å². The minimum absolute atomic E-state index is 0.128. The number of H-pyrrole nitrogens is 1. The van der Waals surface area contributed by atoms with E-state index in [-0.39, 0.29) is 6.61 Å². The predicted octanol–water partition coefficient (Wildman–Crippen LogP) is 1.32. The molecule has 0 saturated heterocycles. The summed E-state index contributed by atoms with van der Waals surface area (Å²) in [6.45, 7) is 0.462. The summed E-state index contributed by atoms with van der Waals surface area (Å²) in [6, 6.07) is 7.45. The number of ether oxygens (including phenoxy) is 1. The van der Waals surface area contributed by atoms with E-state index < -0.39 is 0 Å². The molecule has 6 heteroatoms. The predicted molar refractivity (Wildman–Crippen MR) is 73.0 cm³/mol. The van der Waals surface area contributed by atoms with E-state index in [4.69, 9.17) is 9.84 Å². The normalized spacial score (nSPS) is 9.74. The summed E-state index contributed by atoms with van der Waals surface area (Å²) >= 11 is 1.56. The molecule has 0 atom stereocenters. The molecule has 19 heavy (non-hydrogen) atoms. The maximum absolute atomic E-state index is 8.59. The standard InChI is InChI=1S/C13H13N3O2S/c17-7-1-2-11-3-5-12(6-4-11)18-8-9-19-13-14-10-15-16-13/h3-6,10,17H,7-9H2,(H,14,15,16). The van der Waals surface area contributed by atoms with Gasteiger partial charge < -0.3 is 9.84 Å². The number of nitrogens with zero attached hydrogens (tertiary/aromatic N) is 2. The molecule has 0 aliphatic rings. The number of hydrogen-bond acceptors (Lipinski definition) is 5. The summed E-state index contributed by atoms with van der Waals surface area (Å²) in [5.74, 6) is 7.02. The maximum atomic E-state index is 8.59. The van der Waals surface area contributed by atoms with E-state index in [2.05, 4.69) is 27.0 Å². The monoisotopic (exact) mass is 275 g/mol. The SMILES string of the molecule is OCC#Cc1ccc(OCCSc2ncn[nH]2)cc1. The molecule has 0 amide bonds. The summed E-state index contributed by atoms with van der Waals surface area (Å²) in [6.07, 6.45) is 1.48. The van der Waals surface area contributed by atoms with Crippen molar-refractivity contribution in [3.05, 3.63) is 36.2 Å². The molecule has 2 N–H and O–H groups in total. The van der Waals surface area contributed by atoms with Crippen LogP contribution in [0.4, 0.5) is 0 Å². The van der Waals surface area contributed by atoms with Gasteiger partial charge in [-0.3, -0.25) is 5.10 Å². The van der Waals surface area contributed by atoms with Crippen molar-refractivity contribution in [1.29, 1.82) is 0 Å². The van der Waals surface area contributed by atoms with Crippen molar-refractivity contribution in [3.63, 3.8) is 0 Å². The van der Waals surface area contributed by atoms with Crippen LogP contribution in [-0.2, 0) is 0 Å². The third kappa shape index (κ3) is 4.66. The fraction of sp³-hybridized carbons (Fsp3) is 0.231. The van der Waals surface area contributed by atoms with E-state index in [1.807, 2.05) is 24.3 Å². The summed E-state index contributed by atoms with van der Waals surface area (Å²) in [7, 11) is 0. The first-order valence-electron chi connectivity index (χ1n) is 5.69. The fourth-order valence-electron chi connectivity index (χ4n) is 1.34. The second kappa shape index (κ2) is 7.46. The molecule has 0 unspecified atom stereocenters. The molecular weight excluding hydrogens is 262 g/mol. The molecule has 2 rings (SSSR count). The Bertz CT molecular complexity index is 544. The quantitative estimate of drug-likeness (QED) is 0.489. The number of nitrogens with one attached hydrogen (secondary N) is 1. The minimum Gasteiger partial charge on any atom is -0.493 e. The lowest BCUT2D eigenvalue weighted by atomic mass is 10.2. The highest BCUT2D eigenvalue weighted by Gasteiger charge is 1.97. The summed E-state index contributed by atoms with van der Waals surface area (Å²) < 4.78 is 5.58. The third-order valence-corrected chi connectivity index (χ3v) is 2.99. The molecule has 0 bridgehead atoms. The van der Waals surface area contributed by atoms with Gasteiger partial charge in [0.25, 0.3) is 0 Å². The topological polar surface area (TPSA) is 71.0 Å². The number of thioether (sulfide) groups is 1. The molecule has 98 valence electrons. The first-order valence-corrected chi connectivity index (χ1v) is 6.68. The molecular formula is C13H13N3O2S. The number of aromatic amines is 1. The van der Waals surface area contributed by atoms with Crippen molar-refractivity contribution in [3.8, 4) is 17.6 Å². The zero-order valence-corrected chi connectivity index (χ0v) is 11.0. The highest BCUT2D eigenvalue weighted by Crippen LogP contribution is 2.14. The van der Waals surface area contributed by atoms with Crippen LogP contribution in [0.2, 0.25) is 0 Å². The number of rotatable bonds is 5. The molecule has 2 aromatic rings. The van der Waals surface area contributed by atoms with E-state index in [0.717, 1.165) is 22.2 Å². The van der Waals surface area contributed by atoms with Crippen LogP contribution in [0.1, 0.15) is 5.56 Å². The molecule has 1 aromatic carbocycles. The lowest BCUT2D eigenvalue weighted by Crippen LogP contribution is -2.00. The Morgan fingerprint density at radius 2 is 2.16 bits per heavy atom. The van der Waals surface area contributed by atoms with Crippen molar-refractivity contribution in [2.75, 3.05) is 19.0 Å². The van der Waals surface area contributed by atoms with E-state index >= 15 is 0 Å². The van der Waals surface area contributed by atoms with Gasteiger partial charge in [-0.05, 0) is 24.3 Å². The lowest BCUT2D eigenvalue weighted by Gasteiger charge is -2.04. The van der Waals surface area contributed by atoms with E-state index in [9.17, 15) is 0 Å². The van der Waals surface area contributed by atoms with Gasteiger partial charge >= 0.3 is 0 Å². The second-order valence-electron chi connectivity index (χ2n) is 3.47. The first-order chi connectivity index (χ1) is 9.38. The van der Waals surface area contributed by atoms with Crippen molar-refractivity contribution in [2.24, 2.45) is 0 Å². The van der Waals surface area contributed by atoms with E-state index in [1.165, 1.54) is 6.33 Å². The van der Waals surface area contributed by atoms with Gasteiger partial charge in [-0.1, -0.05) is 23.6 Å². The van der Waals surface area contributed by atoms with Crippen molar-refractivity contribution >= 4 is 11.8 Å². The van der Waals surface area contributed by atoms with Gasteiger partial charge in [-0.2, -0.15) is 5.10 Å². The van der Waals surface area contributed by atoms with Crippen LogP contribution in [-0.4, -0.2) is 39.3 Å². The Kier molecular flexibility index (Phi) is 5.29. The minimum atomic E-state index is -0.128. The zero-order chi connectivity index (χ0) is 13.3. The summed E-state index contributed by atoms with van der Waals surface area (Å²) in [5.41, 5.74) is 0.859. The summed E-state index contributed by atoms with van der Waals surface area (Å²) in [4.78, 5) is 4.01. The molecule has 0 fully saturated rings. The average molecular weight is 275 g/mol. The van der Waals surface area contributed by atoms with Crippen LogP contribution in [0, 0.1) is 11.8 Å². The van der Waals surface area contributed by atoms with Gasteiger partial charge in [0, 0.05) is 11.3 Å². The molecule has 0 saturated carbocycles. The molecule has 5 nitrogen and oxygen atoms in total. The van der Waals surface area contributed by atoms with E-state index in [0.29, 0.717) is 6.61 Å². The Morgan fingerprint density at radius 1 is 1.32 bits per heavy atom. The number of benzene rings is 1. The van der Waals surface area contributed by atoms with Gasteiger partial charge in [0.2, 0.25) is 0 Å². The number of hydrogen-bond donors (Lipinski definition) is 2. The molecule has 1 heterocycles. The lowest BCUT2D eigenvalue weighted by molar-refractivity contribution is 0.344. The molecule has 0 spiro atoms. The van der Waals surface area contributed by atoms with Crippen LogP contribution in [0.3, 0.4) is 0 Å². The fourth-order valence-corrected chi connectivity index (χ4v) is 1.94. The Labute approximate surface area is 115 Å². The Morgan fingerprint density at radius 3 is 2.84 bits per heavy atom. The first kappa shape index (κ1) is 13.5. The van der Waals surface area contributed by atoms with Crippen molar-refractivity contribution < 1.29 is 9.84 Å². The third-order valence-electron chi connectivity index (χ3n) is 2.15. The van der Waals surface area contributed by atoms with Crippen molar-refractivity contribution in [2.45, 2.75) is 5.16 Å². The number of aliphatic hydroxyl groups is 1. The molecule has 0 aliphatic carbocycles. The second-order valence-corrected chi connectivity index (χ2v) is 4.56. The molecule has 0 radical (unpaired) electrons.